The molecule has 1 aromatic heterocycles. The molecule has 0 radical (unpaired) electrons. The third kappa shape index (κ3) is 2.36. The average molecular weight is 297 g/mol. The van der Waals surface area contributed by atoms with Gasteiger partial charge >= 0.3 is 0 Å². The number of rotatable bonds is 3. The molecule has 22 heavy (non-hydrogen) atoms. The predicted molar refractivity (Wildman–Crippen MR) is 83.5 cm³/mol. The van der Waals surface area contributed by atoms with Crippen molar-refractivity contribution in [2.75, 3.05) is 6.54 Å². The maximum atomic E-state index is 12.7. The van der Waals surface area contributed by atoms with E-state index in [9.17, 15) is 9.59 Å². The highest BCUT2D eigenvalue weighted by molar-refractivity contribution is 6.00. The largest absolute Gasteiger partial charge is 0.352 e. The van der Waals surface area contributed by atoms with Crippen LogP contribution in [0, 0.1) is 0 Å². The van der Waals surface area contributed by atoms with Crippen LogP contribution in [0.3, 0.4) is 0 Å². The lowest BCUT2D eigenvalue weighted by atomic mass is 10.2. The quantitative estimate of drug-likeness (QED) is 0.910. The van der Waals surface area contributed by atoms with Crippen molar-refractivity contribution in [1.29, 1.82) is 0 Å². The van der Waals surface area contributed by atoms with Crippen LogP contribution in [-0.2, 0) is 4.79 Å². The monoisotopic (exact) mass is 297 g/mol. The Kier molecular flexibility index (Phi) is 3.13. The first-order valence-corrected chi connectivity index (χ1v) is 7.91. The van der Waals surface area contributed by atoms with Crippen molar-refractivity contribution in [2.24, 2.45) is 0 Å². The molecule has 0 spiro atoms. The molecular formula is C17H19N3O2. The molecule has 114 valence electrons. The number of para-hydroxylation sites is 1. The van der Waals surface area contributed by atoms with Crippen LogP contribution < -0.4 is 5.32 Å². The highest BCUT2D eigenvalue weighted by atomic mass is 16.2. The molecule has 2 heterocycles. The molecule has 2 aromatic rings. The number of hydrogen-bond donors (Lipinski definition) is 2. The minimum absolute atomic E-state index is 0.00413. The van der Waals surface area contributed by atoms with Gasteiger partial charge in [0.15, 0.2) is 0 Å². The molecule has 5 heteroatoms. The lowest BCUT2D eigenvalue weighted by Crippen LogP contribution is -2.46. The number of hydrogen-bond acceptors (Lipinski definition) is 2. The summed E-state index contributed by atoms with van der Waals surface area (Å²) in [5.41, 5.74) is 1.51. The first kappa shape index (κ1) is 13.4. The second-order valence-corrected chi connectivity index (χ2v) is 6.21. The van der Waals surface area contributed by atoms with Gasteiger partial charge in [-0.2, -0.15) is 0 Å². The fourth-order valence-corrected chi connectivity index (χ4v) is 3.15. The Labute approximate surface area is 128 Å². The van der Waals surface area contributed by atoms with Crippen molar-refractivity contribution in [2.45, 2.75) is 37.8 Å². The average Bonchev–Trinajstić information content (AvgIpc) is 3.07. The molecule has 1 saturated carbocycles. The Morgan fingerprint density at radius 1 is 1.18 bits per heavy atom. The SMILES string of the molecule is O=C(NC1CC1)C1CCCN1C(=O)c1cc2ccccc2[nH]1. The standard InChI is InChI=1S/C17H19N3O2/c21-16(18-12-7-8-12)15-6-3-9-20(15)17(22)14-10-11-4-1-2-5-13(11)19-14/h1-2,4-5,10,12,15,19H,3,6-9H2,(H,18,21). The molecule has 1 aliphatic carbocycles. The number of aromatic nitrogens is 1. The summed E-state index contributed by atoms with van der Waals surface area (Å²) in [6, 6.07) is 9.70. The zero-order chi connectivity index (χ0) is 15.1. The van der Waals surface area contributed by atoms with Gasteiger partial charge in [-0.25, -0.2) is 0 Å². The van der Waals surface area contributed by atoms with E-state index in [0.29, 0.717) is 18.3 Å². The number of H-pyrrole nitrogens is 1. The second kappa shape index (κ2) is 5.16. The summed E-state index contributed by atoms with van der Waals surface area (Å²) in [6.07, 6.45) is 3.77. The van der Waals surface area contributed by atoms with Gasteiger partial charge < -0.3 is 15.2 Å². The number of carbonyl (C=O) groups excluding carboxylic acids is 2. The number of benzene rings is 1. The maximum Gasteiger partial charge on any atom is 0.270 e. The predicted octanol–water partition coefficient (Wildman–Crippen LogP) is 2.05. The van der Waals surface area contributed by atoms with E-state index >= 15 is 0 Å². The summed E-state index contributed by atoms with van der Waals surface area (Å²) in [4.78, 5) is 29.9. The van der Waals surface area contributed by atoms with Gasteiger partial charge in [-0.3, -0.25) is 9.59 Å². The summed E-state index contributed by atoms with van der Waals surface area (Å²) >= 11 is 0. The molecule has 5 nitrogen and oxygen atoms in total. The maximum absolute atomic E-state index is 12.7. The van der Waals surface area contributed by atoms with Gasteiger partial charge in [-0.1, -0.05) is 18.2 Å². The van der Waals surface area contributed by atoms with E-state index in [2.05, 4.69) is 10.3 Å². The van der Waals surface area contributed by atoms with E-state index < -0.39 is 0 Å². The van der Waals surface area contributed by atoms with Crippen molar-refractivity contribution in [3.05, 3.63) is 36.0 Å². The Bertz CT molecular complexity index is 699. The van der Waals surface area contributed by atoms with Gasteiger partial charge in [-0.15, -0.1) is 0 Å². The summed E-state index contributed by atoms with van der Waals surface area (Å²) in [7, 11) is 0. The lowest BCUT2D eigenvalue weighted by molar-refractivity contribution is -0.125. The number of likely N-dealkylation sites (tertiary alicyclic amines) is 1. The number of nitrogens with one attached hydrogen (secondary N) is 2. The lowest BCUT2D eigenvalue weighted by Gasteiger charge is -2.23. The van der Waals surface area contributed by atoms with Crippen LogP contribution in [0.5, 0.6) is 0 Å². The molecular weight excluding hydrogens is 278 g/mol. The van der Waals surface area contributed by atoms with Crippen molar-refractivity contribution >= 4 is 22.7 Å². The molecule has 4 rings (SSSR count). The molecule has 1 atom stereocenters. The van der Waals surface area contributed by atoms with E-state index in [1.807, 2.05) is 30.3 Å². The Morgan fingerprint density at radius 2 is 2.00 bits per heavy atom. The first-order valence-electron chi connectivity index (χ1n) is 7.91. The third-order valence-electron chi connectivity index (χ3n) is 4.50. The molecule has 0 bridgehead atoms. The minimum atomic E-state index is -0.320. The smallest absolute Gasteiger partial charge is 0.270 e. The van der Waals surface area contributed by atoms with E-state index in [1.165, 1.54) is 0 Å². The van der Waals surface area contributed by atoms with Gasteiger partial charge in [0.2, 0.25) is 5.91 Å². The number of fused-ring (bicyclic) bond motifs is 1. The van der Waals surface area contributed by atoms with E-state index in [1.54, 1.807) is 4.90 Å². The minimum Gasteiger partial charge on any atom is -0.352 e. The van der Waals surface area contributed by atoms with Gasteiger partial charge in [0, 0.05) is 23.5 Å². The molecule has 2 amide bonds. The Morgan fingerprint density at radius 3 is 2.77 bits per heavy atom. The molecule has 1 unspecified atom stereocenters. The fraction of sp³-hybridized carbons (Fsp3) is 0.412. The van der Waals surface area contributed by atoms with Gasteiger partial charge in [0.1, 0.15) is 11.7 Å². The summed E-state index contributed by atoms with van der Waals surface area (Å²) in [6.45, 7) is 0.650. The number of aromatic amines is 1. The molecule has 1 aromatic carbocycles. The van der Waals surface area contributed by atoms with E-state index in [4.69, 9.17) is 0 Å². The zero-order valence-corrected chi connectivity index (χ0v) is 12.3. The topological polar surface area (TPSA) is 65.2 Å². The van der Waals surface area contributed by atoms with Crippen LogP contribution in [0.2, 0.25) is 0 Å². The molecule has 2 aliphatic rings. The summed E-state index contributed by atoms with van der Waals surface area (Å²) in [5.74, 6) is -0.0749. The highest BCUT2D eigenvalue weighted by Gasteiger charge is 2.37. The van der Waals surface area contributed by atoms with Crippen LogP contribution in [0.4, 0.5) is 0 Å². The van der Waals surface area contributed by atoms with Crippen LogP contribution in [0.15, 0.2) is 30.3 Å². The van der Waals surface area contributed by atoms with Gasteiger partial charge in [0.05, 0.1) is 0 Å². The van der Waals surface area contributed by atoms with Crippen molar-refractivity contribution < 1.29 is 9.59 Å². The first-order chi connectivity index (χ1) is 10.7. The summed E-state index contributed by atoms with van der Waals surface area (Å²) in [5, 5.41) is 4.03. The van der Waals surface area contributed by atoms with Crippen molar-refractivity contribution in [3.8, 4) is 0 Å². The molecule has 1 saturated heterocycles. The fourth-order valence-electron chi connectivity index (χ4n) is 3.15. The number of amides is 2. The normalized spacial score (nSPS) is 21.3. The molecule has 2 N–H and O–H groups in total. The van der Waals surface area contributed by atoms with Crippen LogP contribution in [-0.4, -0.2) is 40.3 Å². The molecule has 2 fully saturated rings. The Hall–Kier alpha value is -2.30. The summed E-state index contributed by atoms with van der Waals surface area (Å²) < 4.78 is 0. The van der Waals surface area contributed by atoms with Crippen LogP contribution in [0.1, 0.15) is 36.2 Å². The molecule has 1 aliphatic heterocycles. The number of nitrogens with zero attached hydrogens (tertiary/aromatic N) is 1. The number of carbonyl (C=O) groups is 2. The highest BCUT2D eigenvalue weighted by Crippen LogP contribution is 2.24. The third-order valence-corrected chi connectivity index (χ3v) is 4.50. The van der Waals surface area contributed by atoms with E-state index in [-0.39, 0.29) is 17.9 Å². The van der Waals surface area contributed by atoms with Gasteiger partial charge in [-0.05, 0) is 37.8 Å². The van der Waals surface area contributed by atoms with Crippen molar-refractivity contribution in [1.82, 2.24) is 15.2 Å². The van der Waals surface area contributed by atoms with Crippen molar-refractivity contribution in [3.63, 3.8) is 0 Å². The van der Waals surface area contributed by atoms with Crippen LogP contribution in [0.25, 0.3) is 10.9 Å². The van der Waals surface area contributed by atoms with Crippen LogP contribution >= 0.6 is 0 Å². The Balaban J connectivity index is 1.56. The van der Waals surface area contributed by atoms with Gasteiger partial charge in [0.25, 0.3) is 5.91 Å². The second-order valence-electron chi connectivity index (χ2n) is 6.21. The zero-order valence-electron chi connectivity index (χ0n) is 12.3. The van der Waals surface area contributed by atoms with E-state index in [0.717, 1.165) is 36.6 Å².